The number of carbonyl (C=O) groups is 1. The molecule has 0 saturated carbocycles. The van der Waals surface area contributed by atoms with Gasteiger partial charge in [-0.2, -0.15) is 8.42 Å². The Bertz CT molecular complexity index is 960. The Morgan fingerprint density at radius 3 is 2.30 bits per heavy atom. The molecule has 0 atom stereocenters. The van der Waals surface area contributed by atoms with Gasteiger partial charge in [-0.3, -0.25) is 4.18 Å². The fourth-order valence-electron chi connectivity index (χ4n) is 2.84. The van der Waals surface area contributed by atoms with Crippen molar-refractivity contribution in [1.29, 1.82) is 0 Å². The smallest absolute Gasteiger partial charge is 0.338 e. The van der Waals surface area contributed by atoms with Gasteiger partial charge in [0.25, 0.3) is 10.1 Å². The van der Waals surface area contributed by atoms with E-state index in [1.54, 1.807) is 42.5 Å². The SMILES string of the molecule is Cc1ccc(S(=O)(=O)OCCCCCc2cc(Cl)ccc2C(=O)OC(C)(C)C)cc1. The van der Waals surface area contributed by atoms with Crippen molar-refractivity contribution >= 4 is 27.7 Å². The van der Waals surface area contributed by atoms with E-state index in [0.29, 0.717) is 23.4 Å². The molecule has 2 rings (SSSR count). The lowest BCUT2D eigenvalue weighted by Gasteiger charge is -2.20. The lowest BCUT2D eigenvalue weighted by Crippen LogP contribution is -2.24. The largest absolute Gasteiger partial charge is 0.456 e. The predicted molar refractivity (Wildman–Crippen MR) is 118 cm³/mol. The molecule has 0 unspecified atom stereocenters. The second-order valence-corrected chi connectivity index (χ2v) is 10.3. The highest BCUT2D eigenvalue weighted by Gasteiger charge is 2.20. The number of carbonyl (C=O) groups excluding carboxylic acids is 1. The van der Waals surface area contributed by atoms with E-state index in [2.05, 4.69) is 0 Å². The summed E-state index contributed by atoms with van der Waals surface area (Å²) >= 11 is 6.10. The summed E-state index contributed by atoms with van der Waals surface area (Å²) in [6.07, 6.45) is 2.75. The molecule has 0 bridgehead atoms. The first kappa shape index (κ1) is 24.4. The second-order valence-electron chi connectivity index (χ2n) is 8.20. The summed E-state index contributed by atoms with van der Waals surface area (Å²) < 4.78 is 34.9. The van der Waals surface area contributed by atoms with Crippen LogP contribution in [-0.4, -0.2) is 26.6 Å². The Labute approximate surface area is 184 Å². The van der Waals surface area contributed by atoms with E-state index in [4.69, 9.17) is 20.5 Å². The fourth-order valence-corrected chi connectivity index (χ4v) is 3.97. The zero-order chi connectivity index (χ0) is 22.4. The lowest BCUT2D eigenvalue weighted by atomic mass is 10.0. The third-order valence-corrected chi connectivity index (χ3v) is 5.89. The number of aryl methyl sites for hydroxylation is 2. The maximum atomic E-state index is 12.4. The summed E-state index contributed by atoms with van der Waals surface area (Å²) in [7, 11) is -3.74. The Balaban J connectivity index is 1.85. The monoisotopic (exact) mass is 452 g/mol. The van der Waals surface area contributed by atoms with Crippen LogP contribution in [0.1, 0.15) is 61.5 Å². The molecule has 164 valence electrons. The molecule has 30 heavy (non-hydrogen) atoms. The summed E-state index contributed by atoms with van der Waals surface area (Å²) in [6.45, 7) is 7.48. The molecule has 0 radical (unpaired) electrons. The maximum absolute atomic E-state index is 12.4. The third kappa shape index (κ3) is 7.74. The normalized spacial score (nSPS) is 12.0. The molecule has 0 aliphatic heterocycles. The van der Waals surface area contributed by atoms with E-state index < -0.39 is 15.7 Å². The van der Waals surface area contributed by atoms with Crippen LogP contribution in [-0.2, 0) is 25.5 Å². The van der Waals surface area contributed by atoms with Gasteiger partial charge in [-0.15, -0.1) is 0 Å². The number of hydrogen-bond acceptors (Lipinski definition) is 5. The van der Waals surface area contributed by atoms with E-state index >= 15 is 0 Å². The van der Waals surface area contributed by atoms with Crippen molar-refractivity contribution < 1.29 is 22.1 Å². The summed E-state index contributed by atoms with van der Waals surface area (Å²) in [6, 6.07) is 11.7. The Kier molecular flexibility index (Phi) is 8.47. The minimum Gasteiger partial charge on any atom is -0.456 e. The van der Waals surface area contributed by atoms with Gasteiger partial charge >= 0.3 is 5.97 Å². The zero-order valence-electron chi connectivity index (χ0n) is 17.9. The van der Waals surface area contributed by atoms with Crippen LogP contribution in [0.3, 0.4) is 0 Å². The van der Waals surface area contributed by atoms with Crippen molar-refractivity contribution in [1.82, 2.24) is 0 Å². The first-order valence-electron chi connectivity index (χ1n) is 9.96. The molecule has 5 nitrogen and oxygen atoms in total. The van der Waals surface area contributed by atoms with Gasteiger partial charge in [-0.05, 0) is 82.9 Å². The van der Waals surface area contributed by atoms with Crippen LogP contribution >= 0.6 is 11.6 Å². The first-order valence-corrected chi connectivity index (χ1v) is 11.7. The Morgan fingerprint density at radius 1 is 1.00 bits per heavy atom. The second kappa shape index (κ2) is 10.4. The van der Waals surface area contributed by atoms with Gasteiger partial charge in [0.05, 0.1) is 17.1 Å². The molecule has 0 aliphatic carbocycles. The van der Waals surface area contributed by atoms with E-state index in [0.717, 1.165) is 24.0 Å². The third-order valence-electron chi connectivity index (χ3n) is 4.32. The van der Waals surface area contributed by atoms with Crippen molar-refractivity contribution in [2.75, 3.05) is 6.61 Å². The molecule has 2 aromatic rings. The number of ether oxygens (including phenoxy) is 1. The maximum Gasteiger partial charge on any atom is 0.338 e. The molecule has 0 aromatic heterocycles. The molecule has 0 N–H and O–H groups in total. The van der Waals surface area contributed by atoms with Crippen LogP contribution in [0.25, 0.3) is 0 Å². The molecule has 2 aromatic carbocycles. The van der Waals surface area contributed by atoms with Crippen LogP contribution < -0.4 is 0 Å². The molecule has 7 heteroatoms. The zero-order valence-corrected chi connectivity index (χ0v) is 19.5. The number of rotatable bonds is 9. The van der Waals surface area contributed by atoms with E-state index in [9.17, 15) is 13.2 Å². The number of hydrogen-bond donors (Lipinski definition) is 0. The van der Waals surface area contributed by atoms with Crippen LogP contribution in [0.4, 0.5) is 0 Å². The molecule has 0 amide bonds. The fraction of sp³-hybridized carbons (Fsp3) is 0.435. The first-order chi connectivity index (χ1) is 14.0. The molecule has 0 aliphatic rings. The van der Waals surface area contributed by atoms with E-state index in [-0.39, 0.29) is 17.5 Å². The quantitative estimate of drug-likeness (QED) is 0.276. The predicted octanol–water partition coefficient (Wildman–Crippen LogP) is 5.72. The summed E-state index contributed by atoms with van der Waals surface area (Å²) in [4.78, 5) is 12.6. The van der Waals surface area contributed by atoms with Crippen molar-refractivity contribution in [3.63, 3.8) is 0 Å². The summed E-state index contributed by atoms with van der Waals surface area (Å²) in [5.41, 5.74) is 1.74. The van der Waals surface area contributed by atoms with Gasteiger partial charge in [-0.1, -0.05) is 35.7 Å². The minimum atomic E-state index is -3.74. The van der Waals surface area contributed by atoms with Crippen molar-refractivity contribution in [3.05, 3.63) is 64.2 Å². The highest BCUT2D eigenvalue weighted by molar-refractivity contribution is 7.86. The van der Waals surface area contributed by atoms with Crippen molar-refractivity contribution in [2.24, 2.45) is 0 Å². The van der Waals surface area contributed by atoms with Gasteiger partial charge in [-0.25, -0.2) is 4.79 Å². The van der Waals surface area contributed by atoms with Crippen LogP contribution in [0.2, 0.25) is 5.02 Å². The number of esters is 1. The Hall–Kier alpha value is -1.89. The molecule has 0 fully saturated rings. The lowest BCUT2D eigenvalue weighted by molar-refractivity contribution is 0.00682. The van der Waals surface area contributed by atoms with Crippen molar-refractivity contribution in [2.45, 2.75) is 63.9 Å². The average molecular weight is 453 g/mol. The molecule has 0 saturated heterocycles. The standard InChI is InChI=1S/C23H29ClO5S/c1-17-9-12-20(13-10-17)30(26,27)28-15-7-5-6-8-18-16-19(24)11-14-21(18)22(25)29-23(2,3)4/h9-14,16H,5-8,15H2,1-4H3. The van der Waals surface area contributed by atoms with Gasteiger partial charge in [0.1, 0.15) is 5.60 Å². The highest BCUT2D eigenvalue weighted by atomic mass is 35.5. The van der Waals surface area contributed by atoms with E-state index in [1.807, 2.05) is 27.7 Å². The van der Waals surface area contributed by atoms with Crippen LogP contribution in [0, 0.1) is 6.92 Å². The average Bonchev–Trinajstić information content (AvgIpc) is 2.63. The Morgan fingerprint density at radius 2 is 1.67 bits per heavy atom. The number of halogens is 1. The van der Waals surface area contributed by atoms with Gasteiger partial charge < -0.3 is 4.74 Å². The minimum absolute atomic E-state index is 0.116. The van der Waals surface area contributed by atoms with Crippen LogP contribution in [0.5, 0.6) is 0 Å². The molecule has 0 heterocycles. The van der Waals surface area contributed by atoms with Gasteiger partial charge in [0.2, 0.25) is 0 Å². The number of benzene rings is 2. The molecule has 0 spiro atoms. The summed E-state index contributed by atoms with van der Waals surface area (Å²) in [5.74, 6) is -0.373. The molecular formula is C23H29ClO5S. The topological polar surface area (TPSA) is 69.7 Å². The van der Waals surface area contributed by atoms with Gasteiger partial charge in [0.15, 0.2) is 0 Å². The van der Waals surface area contributed by atoms with E-state index in [1.165, 1.54) is 0 Å². The number of unbranched alkanes of at least 4 members (excludes halogenated alkanes) is 2. The molecular weight excluding hydrogens is 424 g/mol. The summed E-state index contributed by atoms with van der Waals surface area (Å²) in [5, 5.41) is 0.560. The van der Waals surface area contributed by atoms with Crippen LogP contribution in [0.15, 0.2) is 47.4 Å². The highest BCUT2D eigenvalue weighted by Crippen LogP contribution is 2.22. The van der Waals surface area contributed by atoms with Crippen molar-refractivity contribution in [3.8, 4) is 0 Å². The van der Waals surface area contributed by atoms with Gasteiger partial charge in [0, 0.05) is 5.02 Å².